The van der Waals surface area contributed by atoms with Crippen LogP contribution in [0.15, 0.2) is 18.6 Å². The first-order valence-corrected chi connectivity index (χ1v) is 11.1. The van der Waals surface area contributed by atoms with Crippen LogP contribution < -0.4 is 10.6 Å². The standard InChI is InChI=1S/C20H27ClN8O2/c1-27-12-16(8-23-27)25-19-22-9-17(21)18(26-19)24-15-6-13-10-29(11-14(13)7-15)20(30)28-2-4-31-5-3-28/h8-9,12-15H,2-7,10-11H2,1H3,(H2,22,24,25,26). The molecule has 0 radical (unpaired) electrons. The highest BCUT2D eigenvalue weighted by molar-refractivity contribution is 6.32. The number of carbonyl (C=O) groups excluding carboxylic acids is 1. The van der Waals surface area contributed by atoms with Crippen molar-refractivity contribution in [2.75, 3.05) is 50.0 Å². The van der Waals surface area contributed by atoms with E-state index >= 15 is 0 Å². The van der Waals surface area contributed by atoms with Gasteiger partial charge in [0.15, 0.2) is 5.82 Å². The Morgan fingerprint density at radius 2 is 1.90 bits per heavy atom. The van der Waals surface area contributed by atoms with Crippen LogP contribution in [0.4, 0.5) is 22.2 Å². The molecule has 2 amide bonds. The van der Waals surface area contributed by atoms with E-state index in [1.54, 1.807) is 17.1 Å². The molecule has 2 aromatic rings. The molecule has 31 heavy (non-hydrogen) atoms. The van der Waals surface area contributed by atoms with Crippen molar-refractivity contribution in [3.8, 4) is 0 Å². The second kappa shape index (κ2) is 8.51. The molecule has 10 nitrogen and oxygen atoms in total. The number of nitrogens with zero attached hydrogens (tertiary/aromatic N) is 6. The van der Waals surface area contributed by atoms with E-state index in [-0.39, 0.29) is 12.1 Å². The number of amides is 2. The summed E-state index contributed by atoms with van der Waals surface area (Å²) in [5, 5.41) is 11.3. The summed E-state index contributed by atoms with van der Waals surface area (Å²) < 4.78 is 7.07. The van der Waals surface area contributed by atoms with Crippen LogP contribution in [-0.4, -0.2) is 81.0 Å². The quantitative estimate of drug-likeness (QED) is 0.742. The third-order valence-electron chi connectivity index (χ3n) is 6.35. The first kappa shape index (κ1) is 20.3. The lowest BCUT2D eigenvalue weighted by Crippen LogP contribution is -2.47. The lowest BCUT2D eigenvalue weighted by molar-refractivity contribution is 0.0445. The van der Waals surface area contributed by atoms with Crippen molar-refractivity contribution in [2.24, 2.45) is 18.9 Å². The summed E-state index contributed by atoms with van der Waals surface area (Å²) in [5.74, 6) is 2.13. The zero-order chi connectivity index (χ0) is 21.4. The molecule has 4 heterocycles. The average Bonchev–Trinajstić information content (AvgIpc) is 3.45. The lowest BCUT2D eigenvalue weighted by atomic mass is 10.0. The Labute approximate surface area is 185 Å². The van der Waals surface area contributed by atoms with Gasteiger partial charge in [0, 0.05) is 45.5 Å². The lowest BCUT2D eigenvalue weighted by Gasteiger charge is -2.31. The van der Waals surface area contributed by atoms with Crippen LogP contribution in [0.25, 0.3) is 0 Å². The molecule has 11 heteroatoms. The largest absolute Gasteiger partial charge is 0.378 e. The molecular weight excluding hydrogens is 420 g/mol. The number of hydrogen-bond acceptors (Lipinski definition) is 7. The third kappa shape index (κ3) is 4.40. The van der Waals surface area contributed by atoms with Gasteiger partial charge in [-0.05, 0) is 24.7 Å². The highest BCUT2D eigenvalue weighted by Crippen LogP contribution is 2.40. The van der Waals surface area contributed by atoms with Gasteiger partial charge in [-0.3, -0.25) is 4.68 Å². The summed E-state index contributed by atoms with van der Waals surface area (Å²) in [5.41, 5.74) is 0.816. The van der Waals surface area contributed by atoms with Crippen LogP contribution in [0.1, 0.15) is 12.8 Å². The maximum Gasteiger partial charge on any atom is 0.320 e. The molecule has 0 aromatic carbocycles. The number of halogens is 1. The fourth-order valence-electron chi connectivity index (χ4n) is 4.87. The zero-order valence-corrected chi connectivity index (χ0v) is 18.3. The number of aryl methyl sites for hydroxylation is 1. The summed E-state index contributed by atoms with van der Waals surface area (Å²) >= 11 is 6.35. The van der Waals surface area contributed by atoms with E-state index in [0.717, 1.165) is 31.6 Å². The molecule has 2 atom stereocenters. The number of hydrogen-bond donors (Lipinski definition) is 2. The molecule has 3 fully saturated rings. The Hall–Kier alpha value is -2.59. The van der Waals surface area contributed by atoms with Gasteiger partial charge >= 0.3 is 6.03 Å². The number of likely N-dealkylation sites (tertiary alicyclic amines) is 1. The zero-order valence-electron chi connectivity index (χ0n) is 17.5. The topological polar surface area (TPSA) is 100 Å². The fourth-order valence-corrected chi connectivity index (χ4v) is 5.01. The molecule has 2 unspecified atom stereocenters. The molecule has 0 bridgehead atoms. The number of nitrogens with one attached hydrogen (secondary N) is 2. The van der Waals surface area contributed by atoms with Crippen molar-refractivity contribution in [1.82, 2.24) is 29.5 Å². The summed E-state index contributed by atoms with van der Waals surface area (Å²) in [4.78, 5) is 25.5. The van der Waals surface area contributed by atoms with Gasteiger partial charge in [0.05, 0.1) is 31.3 Å². The van der Waals surface area contributed by atoms with Crippen molar-refractivity contribution in [3.05, 3.63) is 23.6 Å². The predicted molar refractivity (Wildman–Crippen MR) is 117 cm³/mol. The summed E-state index contributed by atoms with van der Waals surface area (Å²) in [6.07, 6.45) is 7.18. The second-order valence-corrected chi connectivity index (χ2v) is 8.94. The maximum absolute atomic E-state index is 12.8. The van der Waals surface area contributed by atoms with Crippen molar-refractivity contribution >= 4 is 35.1 Å². The smallest absolute Gasteiger partial charge is 0.320 e. The number of anilines is 3. The van der Waals surface area contributed by atoms with E-state index in [0.29, 0.717) is 54.9 Å². The van der Waals surface area contributed by atoms with Crippen LogP contribution in [0.2, 0.25) is 5.02 Å². The highest BCUT2D eigenvalue weighted by Gasteiger charge is 2.43. The van der Waals surface area contributed by atoms with E-state index < -0.39 is 0 Å². The average molecular weight is 447 g/mol. The Morgan fingerprint density at radius 3 is 2.58 bits per heavy atom. The van der Waals surface area contributed by atoms with Gasteiger partial charge in [-0.25, -0.2) is 9.78 Å². The minimum atomic E-state index is 0.159. The molecule has 1 saturated carbocycles. The Kier molecular flexibility index (Phi) is 5.58. The normalized spacial score (nSPS) is 25.5. The van der Waals surface area contributed by atoms with Crippen molar-refractivity contribution < 1.29 is 9.53 Å². The minimum Gasteiger partial charge on any atom is -0.378 e. The number of fused-ring (bicyclic) bond motifs is 1. The molecule has 2 aromatic heterocycles. The molecule has 3 aliphatic rings. The minimum absolute atomic E-state index is 0.159. The molecule has 2 aliphatic heterocycles. The number of ether oxygens (including phenoxy) is 1. The van der Waals surface area contributed by atoms with Crippen molar-refractivity contribution in [2.45, 2.75) is 18.9 Å². The van der Waals surface area contributed by atoms with Crippen LogP contribution in [0.3, 0.4) is 0 Å². The SMILES string of the molecule is Cn1cc(Nc2ncc(Cl)c(NC3CC4CN(C(=O)N5CCOCC5)CC4C3)n2)cn1. The van der Waals surface area contributed by atoms with Crippen molar-refractivity contribution in [1.29, 1.82) is 0 Å². The monoisotopic (exact) mass is 446 g/mol. The summed E-state index contributed by atoms with van der Waals surface area (Å²) in [6, 6.07) is 0.446. The second-order valence-electron chi connectivity index (χ2n) is 8.54. The first-order valence-electron chi connectivity index (χ1n) is 10.7. The number of aromatic nitrogens is 4. The Balaban J connectivity index is 1.18. The predicted octanol–water partition coefficient (Wildman–Crippen LogP) is 2.18. The van der Waals surface area contributed by atoms with E-state index in [9.17, 15) is 4.79 Å². The van der Waals surface area contributed by atoms with Crippen LogP contribution >= 0.6 is 11.6 Å². The van der Waals surface area contributed by atoms with Gasteiger partial charge in [-0.2, -0.15) is 10.1 Å². The van der Waals surface area contributed by atoms with Crippen molar-refractivity contribution in [3.63, 3.8) is 0 Å². The molecule has 2 N–H and O–H groups in total. The van der Waals surface area contributed by atoms with Gasteiger partial charge in [-0.1, -0.05) is 11.6 Å². The maximum atomic E-state index is 12.8. The number of carbonyl (C=O) groups is 1. The molecule has 2 saturated heterocycles. The van der Waals surface area contributed by atoms with E-state index in [1.807, 2.05) is 23.0 Å². The van der Waals surface area contributed by atoms with E-state index in [2.05, 4.69) is 25.7 Å². The summed E-state index contributed by atoms with van der Waals surface area (Å²) in [7, 11) is 1.85. The molecule has 1 aliphatic carbocycles. The van der Waals surface area contributed by atoms with Gasteiger partial charge in [0.1, 0.15) is 5.02 Å². The Bertz CT molecular complexity index is 933. The number of morpholine rings is 1. The molecular formula is C20H27ClN8O2. The first-order chi connectivity index (χ1) is 15.0. The van der Waals surface area contributed by atoms with Crippen LogP contribution in [0, 0.1) is 11.8 Å². The third-order valence-corrected chi connectivity index (χ3v) is 6.63. The Morgan fingerprint density at radius 1 is 1.16 bits per heavy atom. The molecule has 166 valence electrons. The van der Waals surface area contributed by atoms with E-state index in [4.69, 9.17) is 16.3 Å². The molecule has 0 spiro atoms. The van der Waals surface area contributed by atoms with Gasteiger partial charge in [-0.15, -0.1) is 0 Å². The van der Waals surface area contributed by atoms with Gasteiger partial charge in [0.2, 0.25) is 5.95 Å². The van der Waals surface area contributed by atoms with Gasteiger partial charge < -0.3 is 25.2 Å². The molecule has 5 rings (SSSR count). The number of urea groups is 1. The van der Waals surface area contributed by atoms with E-state index in [1.165, 1.54) is 0 Å². The summed E-state index contributed by atoms with van der Waals surface area (Å²) in [6.45, 7) is 4.30. The van der Waals surface area contributed by atoms with Crippen LogP contribution in [-0.2, 0) is 11.8 Å². The highest BCUT2D eigenvalue weighted by atomic mass is 35.5. The van der Waals surface area contributed by atoms with Crippen LogP contribution in [0.5, 0.6) is 0 Å². The fraction of sp³-hybridized carbons (Fsp3) is 0.600. The van der Waals surface area contributed by atoms with Gasteiger partial charge in [0.25, 0.3) is 0 Å². The number of rotatable bonds is 4.